The third-order valence-electron chi connectivity index (χ3n) is 5.56. The van der Waals surface area contributed by atoms with E-state index >= 15 is 0 Å². The number of aliphatic carboxylic acids is 1. The van der Waals surface area contributed by atoms with Gasteiger partial charge in [0, 0.05) is 33.9 Å². The van der Waals surface area contributed by atoms with E-state index in [9.17, 15) is 19.5 Å². The number of carbonyl (C=O) groups excluding carboxylic acids is 2. The van der Waals surface area contributed by atoms with Crippen LogP contribution in [0.2, 0.25) is 0 Å². The molecule has 34 heavy (non-hydrogen) atoms. The topological polar surface area (TPSA) is 121 Å². The van der Waals surface area contributed by atoms with Gasteiger partial charge in [-0.05, 0) is 42.8 Å². The number of hydrogen-bond donors (Lipinski definition) is 2. The van der Waals surface area contributed by atoms with Gasteiger partial charge in [0.1, 0.15) is 19.3 Å². The van der Waals surface area contributed by atoms with Crippen LogP contribution in [0, 0.1) is 0 Å². The molecule has 4 rings (SSSR count). The average Bonchev–Trinajstić information content (AvgIpc) is 3.17. The second-order valence-electron chi connectivity index (χ2n) is 7.78. The first-order valence-electron chi connectivity index (χ1n) is 10.8. The highest BCUT2D eigenvalue weighted by Gasteiger charge is 2.25. The van der Waals surface area contributed by atoms with Gasteiger partial charge in [-0.15, -0.1) is 0 Å². The quantitative estimate of drug-likeness (QED) is 0.218. The summed E-state index contributed by atoms with van der Waals surface area (Å²) in [4.78, 5) is 36.4. The molecule has 8 heteroatoms. The Morgan fingerprint density at radius 2 is 1.38 bits per heavy atom. The van der Waals surface area contributed by atoms with E-state index in [0.29, 0.717) is 11.3 Å². The lowest BCUT2D eigenvalue weighted by atomic mass is 10.1. The number of nitrogens with zero attached hydrogens (tertiary/aromatic N) is 1. The summed E-state index contributed by atoms with van der Waals surface area (Å²) >= 11 is 0. The number of para-hydroxylation sites is 2. The lowest BCUT2D eigenvalue weighted by Gasteiger charge is -2.17. The van der Waals surface area contributed by atoms with Crippen molar-refractivity contribution in [1.29, 1.82) is 0 Å². The number of carboxylic acids is 1. The summed E-state index contributed by atoms with van der Waals surface area (Å²) in [5, 5.41) is 11.8. The molecule has 0 aliphatic rings. The van der Waals surface area contributed by atoms with Crippen LogP contribution in [0.25, 0.3) is 21.8 Å². The molecule has 0 radical (unpaired) electrons. The van der Waals surface area contributed by atoms with Crippen molar-refractivity contribution < 1.29 is 29.0 Å². The summed E-state index contributed by atoms with van der Waals surface area (Å²) in [5.74, 6) is -2.14. The number of nitrogen functional groups attached to an aromatic ring is 1. The molecule has 0 amide bonds. The first-order chi connectivity index (χ1) is 16.5. The predicted octanol–water partition coefficient (Wildman–Crippen LogP) is 4.18. The van der Waals surface area contributed by atoms with Crippen LogP contribution in [0.3, 0.4) is 0 Å². The molecule has 3 aromatic carbocycles. The molecule has 0 bridgehead atoms. The van der Waals surface area contributed by atoms with Crippen LogP contribution in [-0.4, -0.2) is 40.8 Å². The van der Waals surface area contributed by atoms with E-state index in [1.54, 1.807) is 28.8 Å². The highest BCUT2D eigenvalue weighted by Crippen LogP contribution is 2.33. The lowest BCUT2D eigenvalue weighted by molar-refractivity contribution is -0.146. The van der Waals surface area contributed by atoms with Gasteiger partial charge < -0.3 is 24.9 Å². The van der Waals surface area contributed by atoms with E-state index in [4.69, 9.17) is 15.2 Å². The first kappa shape index (κ1) is 22.8. The normalized spacial score (nSPS) is 11.9. The van der Waals surface area contributed by atoms with E-state index in [-0.39, 0.29) is 26.1 Å². The number of esters is 2. The van der Waals surface area contributed by atoms with E-state index < -0.39 is 23.9 Å². The second kappa shape index (κ2) is 10.1. The maximum Gasteiger partial charge on any atom is 0.338 e. The van der Waals surface area contributed by atoms with Crippen molar-refractivity contribution in [3.05, 3.63) is 78.4 Å². The molecule has 8 nitrogen and oxygen atoms in total. The molecule has 1 aromatic heterocycles. The summed E-state index contributed by atoms with van der Waals surface area (Å²) in [6, 6.07) is 20.5. The second-order valence-corrected chi connectivity index (χ2v) is 7.78. The van der Waals surface area contributed by atoms with Crippen LogP contribution < -0.4 is 5.73 Å². The zero-order valence-electron chi connectivity index (χ0n) is 18.3. The number of anilines is 1. The lowest BCUT2D eigenvalue weighted by Crippen LogP contribution is -2.21. The Morgan fingerprint density at radius 1 is 0.824 bits per heavy atom. The van der Waals surface area contributed by atoms with Crippen molar-refractivity contribution in [2.45, 2.75) is 18.9 Å². The van der Waals surface area contributed by atoms with E-state index in [1.165, 1.54) is 0 Å². The van der Waals surface area contributed by atoms with Gasteiger partial charge in [0.25, 0.3) is 0 Å². The van der Waals surface area contributed by atoms with Gasteiger partial charge in [-0.1, -0.05) is 36.4 Å². The molecule has 0 saturated heterocycles. The Morgan fingerprint density at radius 3 is 1.97 bits per heavy atom. The van der Waals surface area contributed by atoms with Gasteiger partial charge in [0.2, 0.25) is 0 Å². The molecule has 1 heterocycles. The maximum absolute atomic E-state index is 12.2. The first-order valence-corrected chi connectivity index (χ1v) is 10.8. The van der Waals surface area contributed by atoms with Gasteiger partial charge in [0.05, 0.1) is 5.56 Å². The summed E-state index contributed by atoms with van der Waals surface area (Å²) in [7, 11) is 0. The van der Waals surface area contributed by atoms with Crippen LogP contribution in [0.4, 0.5) is 5.69 Å². The summed E-state index contributed by atoms with van der Waals surface area (Å²) < 4.78 is 12.0. The molecule has 0 aliphatic heterocycles. The molecular formula is C26H24N2O6. The van der Waals surface area contributed by atoms with Gasteiger partial charge in [-0.3, -0.25) is 4.79 Å². The van der Waals surface area contributed by atoms with E-state index in [1.807, 2.05) is 48.5 Å². The Bertz CT molecular complexity index is 1290. The number of nitrogens with two attached hydrogens (primary N) is 1. The minimum atomic E-state index is -1.03. The molecule has 0 fully saturated rings. The van der Waals surface area contributed by atoms with Gasteiger partial charge in [-0.2, -0.15) is 0 Å². The van der Waals surface area contributed by atoms with E-state index in [0.717, 1.165) is 21.8 Å². The van der Waals surface area contributed by atoms with Crippen molar-refractivity contribution in [1.82, 2.24) is 4.57 Å². The van der Waals surface area contributed by atoms with E-state index in [2.05, 4.69) is 0 Å². The smallest absolute Gasteiger partial charge is 0.338 e. The van der Waals surface area contributed by atoms with Gasteiger partial charge in [-0.25, -0.2) is 9.59 Å². The van der Waals surface area contributed by atoms with Crippen molar-refractivity contribution in [3.63, 3.8) is 0 Å². The molecular weight excluding hydrogens is 436 g/mol. The maximum atomic E-state index is 12.2. The Labute approximate surface area is 195 Å². The molecule has 174 valence electrons. The number of ether oxygens (including phenoxy) is 2. The fraction of sp³-hybridized carbons (Fsp3) is 0.192. The molecule has 1 atom stereocenters. The van der Waals surface area contributed by atoms with Crippen LogP contribution in [0.15, 0.2) is 72.8 Å². The van der Waals surface area contributed by atoms with Crippen molar-refractivity contribution >= 4 is 45.4 Å². The predicted molar refractivity (Wildman–Crippen MR) is 127 cm³/mol. The summed E-state index contributed by atoms with van der Waals surface area (Å²) in [6.45, 7) is -0.225. The summed E-state index contributed by atoms with van der Waals surface area (Å²) in [5.41, 5.74) is 8.05. The molecule has 0 spiro atoms. The Hall–Kier alpha value is -4.33. The Kier molecular flexibility index (Phi) is 6.77. The minimum absolute atomic E-state index is 0.0576. The third kappa shape index (κ3) is 4.85. The Balaban J connectivity index is 1.36. The van der Waals surface area contributed by atoms with Crippen LogP contribution in [0.5, 0.6) is 0 Å². The van der Waals surface area contributed by atoms with Crippen molar-refractivity contribution in [3.8, 4) is 0 Å². The monoisotopic (exact) mass is 460 g/mol. The largest absolute Gasteiger partial charge is 0.480 e. The number of rotatable bonds is 9. The molecule has 4 aromatic rings. The summed E-state index contributed by atoms with van der Waals surface area (Å²) in [6.07, 6.45) is -0.0359. The molecule has 0 saturated carbocycles. The zero-order chi connectivity index (χ0) is 24.1. The zero-order valence-corrected chi connectivity index (χ0v) is 18.3. The number of aromatic nitrogens is 1. The van der Waals surface area contributed by atoms with Gasteiger partial charge >= 0.3 is 17.9 Å². The average molecular weight is 460 g/mol. The SMILES string of the molecule is Nc1ccc(C(=O)OCCOC(=O)CCC(C(=O)O)n2c3ccccc3c3ccccc32)cc1. The number of benzene rings is 3. The van der Waals surface area contributed by atoms with Crippen LogP contribution in [-0.2, 0) is 19.1 Å². The number of fused-ring (bicyclic) bond motifs is 3. The molecule has 0 aliphatic carbocycles. The van der Waals surface area contributed by atoms with Crippen LogP contribution >= 0.6 is 0 Å². The molecule has 1 unspecified atom stereocenters. The fourth-order valence-corrected chi connectivity index (χ4v) is 3.97. The number of carboxylic acid groups (broad SMARTS) is 1. The van der Waals surface area contributed by atoms with Crippen molar-refractivity contribution in [2.75, 3.05) is 18.9 Å². The minimum Gasteiger partial charge on any atom is -0.480 e. The standard InChI is InChI=1S/C26H24N2O6/c27-18-11-9-17(10-12-18)26(32)34-16-15-33-24(29)14-13-23(25(30)31)28-21-7-3-1-5-19(21)20-6-2-4-8-22(20)28/h1-12,23H,13-16,27H2,(H,30,31). The molecule has 3 N–H and O–H groups in total. The van der Waals surface area contributed by atoms with Crippen LogP contribution in [0.1, 0.15) is 29.2 Å². The fourth-order valence-electron chi connectivity index (χ4n) is 3.97. The highest BCUT2D eigenvalue weighted by atomic mass is 16.6. The third-order valence-corrected chi connectivity index (χ3v) is 5.56. The van der Waals surface area contributed by atoms with Gasteiger partial charge in [0.15, 0.2) is 0 Å². The number of hydrogen-bond acceptors (Lipinski definition) is 6. The highest BCUT2D eigenvalue weighted by molar-refractivity contribution is 6.08. The van der Waals surface area contributed by atoms with Crippen molar-refractivity contribution in [2.24, 2.45) is 0 Å². The number of carbonyl (C=O) groups is 3.